The van der Waals surface area contributed by atoms with Crippen molar-refractivity contribution in [1.82, 2.24) is 14.9 Å². The van der Waals surface area contributed by atoms with Crippen molar-refractivity contribution in [2.24, 2.45) is 0 Å². The molecule has 0 saturated heterocycles. The van der Waals surface area contributed by atoms with Crippen LogP contribution in [-0.2, 0) is 17.8 Å². The molecule has 0 aliphatic heterocycles. The number of aromatic nitrogens is 2. The molecule has 0 unspecified atom stereocenters. The average molecular weight is 338 g/mol. The molecule has 128 valence electrons. The number of carbonyl (C=O) groups excluding carboxylic acids is 1. The number of nitrogens with zero attached hydrogens (tertiary/aromatic N) is 3. The summed E-state index contributed by atoms with van der Waals surface area (Å²) in [4.78, 5) is 26.8. The smallest absolute Gasteiger partial charge is 0.273 e. The minimum absolute atomic E-state index is 0.00512. The number of amides is 1. The Bertz CT molecular complexity index is 904. The van der Waals surface area contributed by atoms with E-state index in [4.69, 9.17) is 0 Å². The molecule has 0 saturated carbocycles. The lowest BCUT2D eigenvalue weighted by Gasteiger charge is -2.07. The minimum atomic E-state index is -0.466. The Morgan fingerprint density at radius 1 is 1.16 bits per heavy atom. The van der Waals surface area contributed by atoms with E-state index >= 15 is 0 Å². The van der Waals surface area contributed by atoms with E-state index < -0.39 is 4.92 Å². The number of rotatable bonds is 7. The molecule has 0 fully saturated rings. The zero-order valence-corrected chi connectivity index (χ0v) is 13.6. The monoisotopic (exact) mass is 338 g/mol. The van der Waals surface area contributed by atoms with Gasteiger partial charge in [0.25, 0.3) is 5.69 Å². The number of nitro benzene ring substituents is 1. The average Bonchev–Trinajstić information content (AvgIpc) is 3.02. The highest BCUT2D eigenvalue weighted by atomic mass is 16.6. The molecule has 2 aromatic carbocycles. The van der Waals surface area contributed by atoms with E-state index in [1.807, 2.05) is 28.8 Å². The van der Waals surface area contributed by atoms with Gasteiger partial charge < -0.3 is 9.88 Å². The zero-order chi connectivity index (χ0) is 17.6. The number of nitrogens with one attached hydrogen (secondary N) is 1. The lowest BCUT2D eigenvalue weighted by atomic mass is 10.1. The highest BCUT2D eigenvalue weighted by Crippen LogP contribution is 2.18. The van der Waals surface area contributed by atoms with Crippen LogP contribution in [0.1, 0.15) is 12.0 Å². The number of para-hydroxylation sites is 3. The molecule has 7 nitrogen and oxygen atoms in total. The summed E-state index contributed by atoms with van der Waals surface area (Å²) in [5.41, 5.74) is 2.41. The van der Waals surface area contributed by atoms with Crippen LogP contribution in [0, 0.1) is 10.1 Å². The highest BCUT2D eigenvalue weighted by molar-refractivity contribution is 5.79. The first-order chi connectivity index (χ1) is 12.1. The van der Waals surface area contributed by atoms with Crippen LogP contribution >= 0.6 is 0 Å². The van der Waals surface area contributed by atoms with E-state index in [0.29, 0.717) is 12.1 Å². The number of benzene rings is 2. The summed E-state index contributed by atoms with van der Waals surface area (Å²) in [7, 11) is 0. The molecule has 1 heterocycles. The second kappa shape index (κ2) is 7.57. The van der Waals surface area contributed by atoms with Gasteiger partial charge in [0.05, 0.1) is 28.7 Å². The predicted octanol–water partition coefficient (Wildman–Crippen LogP) is 2.69. The number of fused-ring (bicyclic) bond motifs is 1. The van der Waals surface area contributed by atoms with E-state index in [1.54, 1.807) is 24.5 Å². The third-order valence-electron chi connectivity index (χ3n) is 3.96. The van der Waals surface area contributed by atoms with Crippen molar-refractivity contribution in [2.45, 2.75) is 19.4 Å². The quantitative estimate of drug-likeness (QED) is 0.407. The molecule has 3 rings (SSSR count). The van der Waals surface area contributed by atoms with Crippen LogP contribution in [0.4, 0.5) is 5.69 Å². The first-order valence-corrected chi connectivity index (χ1v) is 8.04. The Kier molecular flexibility index (Phi) is 5.03. The lowest BCUT2D eigenvalue weighted by Crippen LogP contribution is -2.27. The van der Waals surface area contributed by atoms with E-state index in [9.17, 15) is 14.9 Å². The third-order valence-corrected chi connectivity index (χ3v) is 3.96. The van der Waals surface area contributed by atoms with Crippen LogP contribution in [0.3, 0.4) is 0 Å². The van der Waals surface area contributed by atoms with Crippen LogP contribution in [-0.4, -0.2) is 26.9 Å². The molecule has 3 aromatic rings. The molecular weight excluding hydrogens is 320 g/mol. The number of nitro groups is 1. The van der Waals surface area contributed by atoms with Crippen molar-refractivity contribution in [3.05, 3.63) is 70.5 Å². The third kappa shape index (κ3) is 4.00. The molecule has 25 heavy (non-hydrogen) atoms. The van der Waals surface area contributed by atoms with Gasteiger partial charge in [0.2, 0.25) is 5.91 Å². The summed E-state index contributed by atoms with van der Waals surface area (Å²) in [5.74, 6) is -0.218. The fourth-order valence-electron chi connectivity index (χ4n) is 2.74. The Hall–Kier alpha value is -3.22. The molecular formula is C18H18N4O3. The van der Waals surface area contributed by atoms with Crippen molar-refractivity contribution < 1.29 is 9.72 Å². The Morgan fingerprint density at radius 2 is 1.92 bits per heavy atom. The van der Waals surface area contributed by atoms with E-state index in [2.05, 4.69) is 10.3 Å². The van der Waals surface area contributed by atoms with Crippen molar-refractivity contribution in [3.8, 4) is 0 Å². The van der Waals surface area contributed by atoms with Crippen LogP contribution in [0.5, 0.6) is 0 Å². The minimum Gasteiger partial charge on any atom is -0.356 e. The first kappa shape index (κ1) is 16.6. The first-order valence-electron chi connectivity index (χ1n) is 8.04. The summed E-state index contributed by atoms with van der Waals surface area (Å²) in [6.07, 6.45) is 2.55. The molecule has 0 aliphatic rings. The molecule has 1 aromatic heterocycles. The Morgan fingerprint density at radius 3 is 2.76 bits per heavy atom. The summed E-state index contributed by atoms with van der Waals surface area (Å²) < 4.78 is 2.05. The normalized spacial score (nSPS) is 10.7. The van der Waals surface area contributed by atoms with E-state index in [-0.39, 0.29) is 18.0 Å². The largest absolute Gasteiger partial charge is 0.356 e. The summed E-state index contributed by atoms with van der Waals surface area (Å²) in [5, 5.41) is 13.8. The van der Waals surface area contributed by atoms with Gasteiger partial charge in [-0.3, -0.25) is 14.9 Å². The van der Waals surface area contributed by atoms with Gasteiger partial charge in [-0.05, 0) is 18.6 Å². The molecule has 0 atom stereocenters. The molecule has 7 heteroatoms. The number of imidazole rings is 1. The SMILES string of the molecule is O=C(Cc1ccccc1[N+](=O)[O-])NCCCn1cnc2ccccc21. The fourth-order valence-corrected chi connectivity index (χ4v) is 2.74. The predicted molar refractivity (Wildman–Crippen MR) is 94.2 cm³/mol. The molecule has 0 aliphatic carbocycles. The van der Waals surface area contributed by atoms with Crippen LogP contribution in [0.15, 0.2) is 54.9 Å². The van der Waals surface area contributed by atoms with Gasteiger partial charge in [-0.1, -0.05) is 30.3 Å². The van der Waals surface area contributed by atoms with Gasteiger partial charge in [-0.25, -0.2) is 4.98 Å². The number of aryl methyl sites for hydroxylation is 1. The molecule has 0 bridgehead atoms. The van der Waals surface area contributed by atoms with Gasteiger partial charge in [0.15, 0.2) is 0 Å². The number of hydrogen-bond acceptors (Lipinski definition) is 4. The highest BCUT2D eigenvalue weighted by Gasteiger charge is 2.15. The Labute approximate surface area is 144 Å². The topological polar surface area (TPSA) is 90.1 Å². The van der Waals surface area contributed by atoms with Crippen molar-refractivity contribution in [1.29, 1.82) is 0 Å². The molecule has 1 N–H and O–H groups in total. The van der Waals surface area contributed by atoms with Gasteiger partial charge >= 0.3 is 0 Å². The summed E-state index contributed by atoms with van der Waals surface area (Å²) in [6, 6.07) is 14.2. The lowest BCUT2D eigenvalue weighted by molar-refractivity contribution is -0.385. The second-order valence-electron chi connectivity index (χ2n) is 5.69. The maximum absolute atomic E-state index is 12.0. The second-order valence-corrected chi connectivity index (χ2v) is 5.69. The summed E-state index contributed by atoms with van der Waals surface area (Å²) >= 11 is 0. The van der Waals surface area contributed by atoms with Gasteiger partial charge in [0, 0.05) is 24.7 Å². The van der Waals surface area contributed by atoms with E-state index in [1.165, 1.54) is 6.07 Å². The van der Waals surface area contributed by atoms with Crippen molar-refractivity contribution >= 4 is 22.6 Å². The Balaban J connectivity index is 1.49. The zero-order valence-electron chi connectivity index (χ0n) is 13.6. The molecule has 0 radical (unpaired) electrons. The van der Waals surface area contributed by atoms with Gasteiger partial charge in [0.1, 0.15) is 0 Å². The van der Waals surface area contributed by atoms with Crippen molar-refractivity contribution in [2.75, 3.05) is 6.54 Å². The number of hydrogen-bond donors (Lipinski definition) is 1. The molecule has 0 spiro atoms. The van der Waals surface area contributed by atoms with Crippen molar-refractivity contribution in [3.63, 3.8) is 0 Å². The fraction of sp³-hybridized carbons (Fsp3) is 0.222. The standard InChI is InChI=1S/C18H18N4O3/c23-18(12-14-6-1-3-8-16(14)22(24)25)19-10-5-11-21-13-20-15-7-2-4-9-17(15)21/h1-4,6-9,13H,5,10-12H2,(H,19,23). The van der Waals surface area contributed by atoms with Gasteiger partial charge in [-0.2, -0.15) is 0 Å². The number of carbonyl (C=O) groups is 1. The van der Waals surface area contributed by atoms with Gasteiger partial charge in [-0.15, -0.1) is 0 Å². The maximum atomic E-state index is 12.0. The van der Waals surface area contributed by atoms with E-state index in [0.717, 1.165) is 24.0 Å². The maximum Gasteiger partial charge on any atom is 0.273 e. The molecule has 1 amide bonds. The van der Waals surface area contributed by atoms with Crippen LogP contribution in [0.2, 0.25) is 0 Å². The van der Waals surface area contributed by atoms with Crippen LogP contribution in [0.25, 0.3) is 11.0 Å². The summed E-state index contributed by atoms with van der Waals surface area (Å²) in [6.45, 7) is 1.25. The van der Waals surface area contributed by atoms with Crippen LogP contribution < -0.4 is 5.32 Å².